The Labute approximate surface area is 343 Å². The molecular weight excluding hydrogens is 756 g/mol. The fraction of sp³-hybridized carbons (Fsp3) is 0.535. The maximum Gasteiger partial charge on any atom is 0.320 e. The molecule has 6 aliphatic rings. The van der Waals surface area contributed by atoms with E-state index in [0.29, 0.717) is 68.7 Å². The molecule has 312 valence electrons. The Morgan fingerprint density at radius 3 is 2.56 bits per heavy atom. The van der Waals surface area contributed by atoms with Gasteiger partial charge in [-0.3, -0.25) is 24.6 Å². The van der Waals surface area contributed by atoms with Crippen LogP contribution in [0.2, 0.25) is 0 Å². The second-order valence-electron chi connectivity index (χ2n) is 17.4. The Balaban J connectivity index is 0.792. The summed E-state index contributed by atoms with van der Waals surface area (Å²) in [4.78, 5) is 64.8. The minimum absolute atomic E-state index is 0.0556. The van der Waals surface area contributed by atoms with E-state index in [9.17, 15) is 28.7 Å². The SMILES string of the molecule is CC[C@@]12CNc3nnc(-c4cccc(F)c4O)cc3N1CCN(C(=O)N1C[C@H](C)N(CC3CCN(c4ccc5c(c4)C(=O)N([C@H]4CCC(=O)NC4=O)C5)CC3)C[C@H]1C)C2. The molecule has 7 heterocycles. The van der Waals surface area contributed by atoms with Gasteiger partial charge in [0, 0.05) is 101 Å². The molecule has 5 amide bonds. The molecule has 0 radical (unpaired) electrons. The first-order chi connectivity index (χ1) is 28.4. The number of hydrogen-bond donors (Lipinski definition) is 3. The molecule has 0 aliphatic carbocycles. The average Bonchev–Trinajstić information content (AvgIpc) is 3.57. The van der Waals surface area contributed by atoms with E-state index < -0.39 is 23.5 Å². The van der Waals surface area contributed by atoms with Crippen molar-refractivity contribution in [3.8, 4) is 17.0 Å². The Kier molecular flexibility index (Phi) is 10.1. The first-order valence-electron chi connectivity index (χ1n) is 21.1. The summed E-state index contributed by atoms with van der Waals surface area (Å²) in [6.07, 6.45) is 3.45. The highest BCUT2D eigenvalue weighted by molar-refractivity contribution is 6.05. The van der Waals surface area contributed by atoms with Gasteiger partial charge in [-0.15, -0.1) is 10.2 Å². The second kappa shape index (κ2) is 15.3. The van der Waals surface area contributed by atoms with Gasteiger partial charge in [0.1, 0.15) is 6.04 Å². The molecule has 59 heavy (non-hydrogen) atoms. The molecule has 1 aromatic heterocycles. The fourth-order valence-electron chi connectivity index (χ4n) is 10.3. The molecule has 15 nitrogen and oxygen atoms in total. The first-order valence-corrected chi connectivity index (χ1v) is 21.1. The number of urea groups is 1. The van der Waals surface area contributed by atoms with Gasteiger partial charge in [0.2, 0.25) is 11.8 Å². The summed E-state index contributed by atoms with van der Waals surface area (Å²) < 4.78 is 14.2. The van der Waals surface area contributed by atoms with Crippen LogP contribution in [0.15, 0.2) is 42.5 Å². The van der Waals surface area contributed by atoms with E-state index in [1.54, 1.807) is 17.0 Å². The van der Waals surface area contributed by atoms with Crippen molar-refractivity contribution < 1.29 is 28.7 Å². The number of rotatable bonds is 6. The van der Waals surface area contributed by atoms with Gasteiger partial charge in [-0.05, 0) is 81.3 Å². The Morgan fingerprint density at radius 2 is 1.78 bits per heavy atom. The molecule has 0 spiro atoms. The van der Waals surface area contributed by atoms with Crippen molar-refractivity contribution in [1.29, 1.82) is 0 Å². The van der Waals surface area contributed by atoms with E-state index in [1.807, 2.05) is 23.1 Å². The van der Waals surface area contributed by atoms with E-state index in [0.717, 1.165) is 62.4 Å². The summed E-state index contributed by atoms with van der Waals surface area (Å²) in [6.45, 7) is 13.5. The highest BCUT2D eigenvalue weighted by Crippen LogP contribution is 2.42. The third-order valence-corrected chi connectivity index (χ3v) is 13.8. The number of nitrogens with one attached hydrogen (secondary N) is 2. The van der Waals surface area contributed by atoms with Gasteiger partial charge in [-0.2, -0.15) is 0 Å². The van der Waals surface area contributed by atoms with Crippen molar-refractivity contribution in [1.82, 2.24) is 35.1 Å². The average molecular weight is 809 g/mol. The monoisotopic (exact) mass is 808 g/mol. The maximum absolute atomic E-state index is 14.3. The lowest BCUT2D eigenvalue weighted by Crippen LogP contribution is -2.70. The van der Waals surface area contributed by atoms with E-state index in [4.69, 9.17) is 0 Å². The lowest BCUT2D eigenvalue weighted by atomic mass is 9.87. The summed E-state index contributed by atoms with van der Waals surface area (Å²) >= 11 is 0. The number of aromatic hydroxyl groups is 1. The largest absolute Gasteiger partial charge is 0.504 e. The number of para-hydroxylation sites is 1. The van der Waals surface area contributed by atoms with E-state index in [-0.39, 0.29) is 47.5 Å². The Morgan fingerprint density at radius 1 is 0.966 bits per heavy atom. The molecular formula is C43H53FN10O5. The second-order valence-corrected chi connectivity index (χ2v) is 17.4. The van der Waals surface area contributed by atoms with E-state index >= 15 is 0 Å². The molecule has 4 saturated heterocycles. The zero-order valence-electron chi connectivity index (χ0n) is 34.0. The third kappa shape index (κ3) is 6.98. The van der Waals surface area contributed by atoms with Crippen LogP contribution in [0.5, 0.6) is 5.75 Å². The van der Waals surface area contributed by atoms with E-state index in [2.05, 4.69) is 67.3 Å². The molecule has 0 saturated carbocycles. The number of anilines is 3. The predicted octanol–water partition coefficient (Wildman–Crippen LogP) is 3.88. The normalized spacial score (nSPS) is 26.3. The number of carbonyl (C=O) groups excluding carboxylic acids is 4. The maximum atomic E-state index is 14.3. The van der Waals surface area contributed by atoms with Crippen LogP contribution < -0.4 is 20.4 Å². The van der Waals surface area contributed by atoms with Crippen LogP contribution >= 0.6 is 0 Å². The summed E-state index contributed by atoms with van der Waals surface area (Å²) in [5.74, 6) is -0.833. The number of carbonyl (C=O) groups is 4. The number of phenols is 1. The number of fused-ring (bicyclic) bond motifs is 4. The predicted molar refractivity (Wildman–Crippen MR) is 220 cm³/mol. The minimum Gasteiger partial charge on any atom is -0.504 e. The fourth-order valence-corrected chi connectivity index (χ4v) is 10.3. The highest BCUT2D eigenvalue weighted by atomic mass is 19.1. The van der Waals surface area contributed by atoms with Gasteiger partial charge in [-0.25, -0.2) is 9.18 Å². The third-order valence-electron chi connectivity index (χ3n) is 13.8. The molecule has 2 aromatic carbocycles. The molecule has 0 bridgehead atoms. The molecule has 16 heteroatoms. The molecule has 4 fully saturated rings. The summed E-state index contributed by atoms with van der Waals surface area (Å²) in [7, 11) is 0. The number of phenolic OH excluding ortho intramolecular Hbond substituents is 1. The highest BCUT2D eigenvalue weighted by Gasteiger charge is 2.47. The van der Waals surface area contributed by atoms with Crippen molar-refractivity contribution >= 4 is 40.9 Å². The van der Waals surface area contributed by atoms with Crippen LogP contribution in [-0.4, -0.2) is 141 Å². The van der Waals surface area contributed by atoms with Crippen LogP contribution in [0, 0.1) is 11.7 Å². The van der Waals surface area contributed by atoms with Crippen LogP contribution in [0.1, 0.15) is 68.8 Å². The van der Waals surface area contributed by atoms with Gasteiger partial charge in [0.15, 0.2) is 17.4 Å². The molecule has 9 rings (SSSR count). The van der Waals surface area contributed by atoms with Gasteiger partial charge in [-0.1, -0.05) is 19.1 Å². The van der Waals surface area contributed by atoms with Gasteiger partial charge >= 0.3 is 6.03 Å². The number of piperazine rings is 2. The lowest BCUT2D eigenvalue weighted by Gasteiger charge is -2.55. The number of amides is 5. The van der Waals surface area contributed by atoms with Gasteiger partial charge in [0.25, 0.3) is 5.91 Å². The first kappa shape index (κ1) is 39.0. The van der Waals surface area contributed by atoms with Crippen molar-refractivity contribution in [2.24, 2.45) is 5.92 Å². The molecule has 4 atom stereocenters. The minimum atomic E-state index is -0.711. The Bertz CT molecular complexity index is 2180. The topological polar surface area (TPSA) is 158 Å². The summed E-state index contributed by atoms with van der Waals surface area (Å²) in [5.41, 5.74) is 3.71. The smallest absolute Gasteiger partial charge is 0.320 e. The molecule has 0 unspecified atom stereocenters. The summed E-state index contributed by atoms with van der Waals surface area (Å²) in [6, 6.07) is 12.0. The number of benzene rings is 2. The zero-order valence-corrected chi connectivity index (χ0v) is 34.0. The standard InChI is InChI=1S/C43H53FN10O5/c1-4-43-24-45-39-36(19-34(47-48-39)31-6-5-7-33(44)38(31)56)54(43)17-16-50(25-43)42(59)52-21-26(2)51(20-27(52)3)22-28-12-14-49(15-13-28)30-9-8-29-23-53(41(58)32(29)18-30)35-10-11-37(55)46-40(35)57/h5-9,18-19,26-28,35,56H,4,10-17,20-25H2,1-3H3,(H,45,48)(H,46,55,57)/t26-,27+,35-,43-/m0/s1. The van der Waals surface area contributed by atoms with Gasteiger partial charge < -0.3 is 34.9 Å². The summed E-state index contributed by atoms with van der Waals surface area (Å²) in [5, 5.41) is 24.9. The van der Waals surface area contributed by atoms with Crippen LogP contribution in [0.3, 0.4) is 0 Å². The van der Waals surface area contributed by atoms with Crippen molar-refractivity contribution in [2.75, 3.05) is 74.0 Å². The molecule has 3 N–H and O–H groups in total. The number of halogens is 1. The van der Waals surface area contributed by atoms with E-state index in [1.165, 1.54) is 6.07 Å². The van der Waals surface area contributed by atoms with Crippen LogP contribution in [0.4, 0.5) is 26.4 Å². The number of piperidine rings is 2. The van der Waals surface area contributed by atoms with Crippen molar-refractivity contribution in [2.45, 2.75) is 83.1 Å². The van der Waals surface area contributed by atoms with Gasteiger partial charge in [0.05, 0.1) is 16.9 Å². The van der Waals surface area contributed by atoms with Crippen molar-refractivity contribution in [3.63, 3.8) is 0 Å². The number of aromatic nitrogens is 2. The number of imide groups is 1. The Hall–Kier alpha value is -5.51. The quantitative estimate of drug-likeness (QED) is 0.311. The lowest BCUT2D eigenvalue weighted by molar-refractivity contribution is -0.136. The number of nitrogens with zero attached hydrogens (tertiary/aromatic N) is 8. The van der Waals surface area contributed by atoms with Crippen molar-refractivity contribution in [3.05, 3.63) is 59.4 Å². The number of hydrogen-bond acceptors (Lipinski definition) is 11. The van der Waals surface area contributed by atoms with Crippen LogP contribution in [0.25, 0.3) is 11.3 Å². The van der Waals surface area contributed by atoms with Crippen LogP contribution in [-0.2, 0) is 16.1 Å². The molecule has 6 aliphatic heterocycles. The molecule has 3 aromatic rings. The zero-order chi connectivity index (χ0) is 41.2.